The molecule has 0 unspecified atom stereocenters. The molecule has 0 aromatic heterocycles. The Morgan fingerprint density at radius 3 is 1.63 bits per heavy atom. The zero-order valence-electron chi connectivity index (χ0n) is 18.7. The Balaban J connectivity index is 3.30. The van der Waals surface area contributed by atoms with E-state index >= 15 is 0 Å². The molecule has 27 heavy (non-hydrogen) atoms. The molecule has 0 atom stereocenters. The molecule has 5 heteroatoms. The summed E-state index contributed by atoms with van der Waals surface area (Å²) in [6.45, 7) is 5.06. The summed E-state index contributed by atoms with van der Waals surface area (Å²) in [5, 5.41) is 3.02. The van der Waals surface area contributed by atoms with E-state index in [-0.39, 0.29) is 5.91 Å². The van der Waals surface area contributed by atoms with Crippen LogP contribution in [0.5, 0.6) is 0 Å². The number of hydrogen-bond acceptors (Lipinski definition) is 3. The first-order chi connectivity index (χ1) is 13.1. The number of nitrogens with one attached hydrogen (secondary N) is 1. The molecule has 0 spiro atoms. The summed E-state index contributed by atoms with van der Waals surface area (Å²) in [7, 11) is 1.44. The van der Waals surface area contributed by atoms with Gasteiger partial charge in [-0.25, -0.2) is 0 Å². The van der Waals surface area contributed by atoms with E-state index in [1.54, 1.807) is 14.2 Å². The Bertz CT molecular complexity index is 336. The van der Waals surface area contributed by atoms with Crippen LogP contribution in [-0.4, -0.2) is 35.2 Å². The normalized spacial score (nSPS) is 11.7. The van der Waals surface area contributed by atoms with Crippen LogP contribution in [0.25, 0.3) is 0 Å². The molecule has 0 aliphatic rings. The molecule has 0 saturated carbocycles. The number of unbranched alkanes of at least 4 members (excludes halogenated alkanes) is 12. The predicted octanol–water partition coefficient (Wildman–Crippen LogP) is 6.34. The maximum absolute atomic E-state index is 11.8. The van der Waals surface area contributed by atoms with E-state index in [0.29, 0.717) is 6.42 Å². The van der Waals surface area contributed by atoms with Crippen LogP contribution >= 0.6 is 0 Å². The second-order valence-electron chi connectivity index (χ2n) is 7.99. The molecule has 0 rings (SSSR count). The van der Waals surface area contributed by atoms with E-state index in [9.17, 15) is 4.79 Å². The highest BCUT2D eigenvalue weighted by atomic mass is 28.4. The van der Waals surface area contributed by atoms with Crippen LogP contribution in [0, 0.1) is 0 Å². The van der Waals surface area contributed by atoms with Crippen LogP contribution in [0.15, 0.2) is 0 Å². The topological polar surface area (TPSA) is 47.6 Å². The first-order valence-electron chi connectivity index (χ1n) is 11.4. The molecule has 0 fully saturated rings. The fourth-order valence-corrected chi connectivity index (χ4v) is 4.71. The SMILES string of the molecule is CCCCCCCCCCCCCCCC(=O)NCCC[Si](C)(OC)OC. The number of rotatable bonds is 20. The van der Waals surface area contributed by atoms with Crippen molar-refractivity contribution in [3.05, 3.63) is 0 Å². The van der Waals surface area contributed by atoms with Gasteiger partial charge in [0.25, 0.3) is 0 Å². The molecule has 1 N–H and O–H groups in total. The van der Waals surface area contributed by atoms with Gasteiger partial charge in [-0.15, -0.1) is 0 Å². The molecule has 0 aliphatic heterocycles. The first kappa shape index (κ1) is 26.6. The summed E-state index contributed by atoms with van der Waals surface area (Å²) < 4.78 is 10.9. The molecular formula is C22H47NO3Si. The van der Waals surface area contributed by atoms with Crippen molar-refractivity contribution in [1.29, 1.82) is 0 Å². The maximum Gasteiger partial charge on any atom is 0.334 e. The molecule has 0 heterocycles. The smallest absolute Gasteiger partial charge is 0.334 e. The number of carbonyl (C=O) groups is 1. The Morgan fingerprint density at radius 2 is 1.19 bits per heavy atom. The quantitative estimate of drug-likeness (QED) is 0.191. The lowest BCUT2D eigenvalue weighted by atomic mass is 10.0. The third-order valence-corrected chi connectivity index (χ3v) is 8.49. The van der Waals surface area contributed by atoms with Gasteiger partial charge in [-0.3, -0.25) is 4.79 Å². The second-order valence-corrected chi connectivity index (χ2v) is 11.6. The van der Waals surface area contributed by atoms with Crippen LogP contribution in [0.3, 0.4) is 0 Å². The highest BCUT2D eigenvalue weighted by Gasteiger charge is 2.27. The van der Waals surface area contributed by atoms with Gasteiger partial charge in [0.1, 0.15) is 0 Å². The van der Waals surface area contributed by atoms with E-state index in [2.05, 4.69) is 18.8 Å². The number of hydrogen-bond donors (Lipinski definition) is 1. The van der Waals surface area contributed by atoms with Gasteiger partial charge in [0.05, 0.1) is 0 Å². The third kappa shape index (κ3) is 17.4. The monoisotopic (exact) mass is 401 g/mol. The van der Waals surface area contributed by atoms with Gasteiger partial charge in [-0.05, 0) is 25.4 Å². The van der Waals surface area contributed by atoms with Crippen LogP contribution in [0.2, 0.25) is 12.6 Å². The lowest BCUT2D eigenvalue weighted by Gasteiger charge is -2.22. The molecule has 0 aromatic rings. The van der Waals surface area contributed by atoms with Gasteiger partial charge in [0, 0.05) is 27.2 Å². The Morgan fingerprint density at radius 1 is 0.741 bits per heavy atom. The molecule has 1 amide bonds. The average molecular weight is 402 g/mol. The molecule has 0 aliphatic carbocycles. The van der Waals surface area contributed by atoms with Crippen LogP contribution in [0.4, 0.5) is 0 Å². The van der Waals surface area contributed by atoms with Gasteiger partial charge in [-0.2, -0.15) is 0 Å². The highest BCUT2D eigenvalue weighted by Crippen LogP contribution is 2.14. The van der Waals surface area contributed by atoms with Gasteiger partial charge >= 0.3 is 8.56 Å². The first-order valence-corrected chi connectivity index (χ1v) is 14.0. The average Bonchev–Trinajstić information content (AvgIpc) is 2.68. The van der Waals surface area contributed by atoms with Crippen molar-refractivity contribution < 1.29 is 13.6 Å². The van der Waals surface area contributed by atoms with Crippen LogP contribution < -0.4 is 5.32 Å². The van der Waals surface area contributed by atoms with Crippen molar-refractivity contribution in [1.82, 2.24) is 5.32 Å². The third-order valence-electron chi connectivity index (χ3n) is 5.50. The van der Waals surface area contributed by atoms with Crippen molar-refractivity contribution in [2.75, 3.05) is 20.8 Å². The van der Waals surface area contributed by atoms with Crippen molar-refractivity contribution in [2.45, 2.75) is 116 Å². The highest BCUT2D eigenvalue weighted by molar-refractivity contribution is 6.65. The maximum atomic E-state index is 11.8. The Hall–Kier alpha value is -0.393. The van der Waals surface area contributed by atoms with Gasteiger partial charge in [0.15, 0.2) is 0 Å². The van der Waals surface area contributed by atoms with Crippen molar-refractivity contribution in [3.8, 4) is 0 Å². The second kappa shape index (κ2) is 18.9. The minimum Gasteiger partial charge on any atom is -0.398 e. The Kier molecular flexibility index (Phi) is 18.7. The van der Waals surface area contributed by atoms with Crippen LogP contribution in [-0.2, 0) is 13.6 Å². The lowest BCUT2D eigenvalue weighted by molar-refractivity contribution is -0.121. The molecule has 0 saturated heterocycles. The zero-order chi connectivity index (χ0) is 20.2. The summed E-state index contributed by atoms with van der Waals surface area (Å²) in [6.07, 6.45) is 19.0. The van der Waals surface area contributed by atoms with Gasteiger partial charge in [0.2, 0.25) is 5.91 Å². The standard InChI is InChI=1S/C22H47NO3Si/c1-5-6-7-8-9-10-11-12-13-14-15-16-17-19-22(24)23-20-18-21-27(4,25-2)26-3/h5-21H2,1-4H3,(H,23,24). The van der Waals surface area contributed by atoms with E-state index in [1.165, 1.54) is 77.0 Å². The lowest BCUT2D eigenvalue weighted by Crippen LogP contribution is -2.37. The zero-order valence-corrected chi connectivity index (χ0v) is 19.7. The summed E-state index contributed by atoms with van der Waals surface area (Å²) in [4.78, 5) is 11.8. The van der Waals surface area contributed by atoms with E-state index in [0.717, 1.165) is 25.4 Å². The van der Waals surface area contributed by atoms with E-state index in [1.807, 2.05) is 0 Å². The molecule has 162 valence electrons. The Labute approximate surface area is 170 Å². The predicted molar refractivity (Wildman–Crippen MR) is 118 cm³/mol. The fraction of sp³-hybridized carbons (Fsp3) is 0.955. The minimum atomic E-state index is -1.98. The van der Waals surface area contributed by atoms with Crippen molar-refractivity contribution in [2.24, 2.45) is 0 Å². The van der Waals surface area contributed by atoms with E-state index < -0.39 is 8.56 Å². The summed E-state index contributed by atoms with van der Waals surface area (Å²) in [6, 6.07) is 0.916. The summed E-state index contributed by atoms with van der Waals surface area (Å²) in [5.74, 6) is 0.191. The molecular weight excluding hydrogens is 354 g/mol. The van der Waals surface area contributed by atoms with Gasteiger partial charge in [-0.1, -0.05) is 84.0 Å². The number of amides is 1. The summed E-state index contributed by atoms with van der Waals surface area (Å²) in [5.41, 5.74) is 0. The van der Waals surface area contributed by atoms with Crippen molar-refractivity contribution in [3.63, 3.8) is 0 Å². The molecule has 4 nitrogen and oxygen atoms in total. The molecule has 0 bridgehead atoms. The summed E-state index contributed by atoms with van der Waals surface area (Å²) >= 11 is 0. The fourth-order valence-electron chi connectivity index (χ4n) is 3.32. The van der Waals surface area contributed by atoms with Crippen LogP contribution in [0.1, 0.15) is 103 Å². The largest absolute Gasteiger partial charge is 0.398 e. The van der Waals surface area contributed by atoms with Crippen molar-refractivity contribution >= 4 is 14.5 Å². The molecule has 0 aromatic carbocycles. The van der Waals surface area contributed by atoms with E-state index in [4.69, 9.17) is 8.85 Å². The number of carbonyl (C=O) groups excluding carboxylic acids is 1. The minimum absolute atomic E-state index is 0.191. The molecule has 0 radical (unpaired) electrons. The van der Waals surface area contributed by atoms with Gasteiger partial charge < -0.3 is 14.2 Å².